The molecule has 2 nitrogen and oxygen atoms in total. The molecule has 0 amide bonds. The summed E-state index contributed by atoms with van der Waals surface area (Å²) in [5.41, 5.74) is 9.48. The second kappa shape index (κ2) is 4.07. The summed E-state index contributed by atoms with van der Waals surface area (Å²) in [6, 6.07) is 10.5. The highest BCUT2D eigenvalue weighted by atomic mass is 32.1. The molecule has 0 aliphatic carbocycles. The quantitative estimate of drug-likeness (QED) is 0.670. The van der Waals surface area contributed by atoms with Gasteiger partial charge in [0.05, 0.1) is 10.2 Å². The fourth-order valence-corrected chi connectivity index (χ4v) is 2.78. The van der Waals surface area contributed by atoms with E-state index in [4.69, 9.17) is 5.73 Å². The molecule has 18 heavy (non-hydrogen) atoms. The normalized spacial score (nSPS) is 11.0. The van der Waals surface area contributed by atoms with E-state index in [-0.39, 0.29) is 5.82 Å². The second-order valence-electron chi connectivity index (χ2n) is 4.20. The van der Waals surface area contributed by atoms with Crippen molar-refractivity contribution in [2.75, 3.05) is 5.73 Å². The Morgan fingerprint density at radius 2 is 2.00 bits per heavy atom. The summed E-state index contributed by atoms with van der Waals surface area (Å²) in [5, 5.41) is 0.863. The van der Waals surface area contributed by atoms with Crippen LogP contribution in [0.4, 0.5) is 10.1 Å². The van der Waals surface area contributed by atoms with E-state index in [0.29, 0.717) is 0 Å². The Balaban J connectivity index is 2.16. The van der Waals surface area contributed by atoms with Crippen molar-refractivity contribution in [3.63, 3.8) is 0 Å². The SMILES string of the molecule is Cc1ccc(-c2nc3ccc(F)cc3s2)cc1N. The Morgan fingerprint density at radius 1 is 1.17 bits per heavy atom. The molecule has 0 saturated carbocycles. The van der Waals surface area contributed by atoms with Crippen LogP contribution in [0.1, 0.15) is 5.56 Å². The maximum atomic E-state index is 13.1. The molecule has 0 bridgehead atoms. The average Bonchev–Trinajstić information content (AvgIpc) is 2.75. The van der Waals surface area contributed by atoms with Crippen LogP contribution in [0, 0.1) is 12.7 Å². The van der Waals surface area contributed by atoms with Crippen molar-refractivity contribution in [2.24, 2.45) is 0 Å². The van der Waals surface area contributed by atoms with E-state index in [1.165, 1.54) is 23.5 Å². The Morgan fingerprint density at radius 3 is 2.78 bits per heavy atom. The van der Waals surface area contributed by atoms with E-state index in [0.717, 1.165) is 32.0 Å². The van der Waals surface area contributed by atoms with Crippen molar-refractivity contribution >= 4 is 27.2 Å². The molecule has 0 aliphatic rings. The highest BCUT2D eigenvalue weighted by Crippen LogP contribution is 2.31. The fourth-order valence-electron chi connectivity index (χ4n) is 1.80. The maximum Gasteiger partial charge on any atom is 0.124 e. The van der Waals surface area contributed by atoms with Crippen molar-refractivity contribution in [2.45, 2.75) is 6.92 Å². The molecular weight excluding hydrogens is 247 g/mol. The van der Waals surface area contributed by atoms with Crippen LogP contribution in [-0.4, -0.2) is 4.98 Å². The van der Waals surface area contributed by atoms with Gasteiger partial charge in [-0.25, -0.2) is 9.37 Å². The van der Waals surface area contributed by atoms with Crippen molar-refractivity contribution in [1.82, 2.24) is 4.98 Å². The zero-order chi connectivity index (χ0) is 12.7. The first-order valence-electron chi connectivity index (χ1n) is 5.56. The number of thiazole rings is 1. The molecule has 1 heterocycles. The summed E-state index contributed by atoms with van der Waals surface area (Å²) in [5.74, 6) is -0.235. The van der Waals surface area contributed by atoms with E-state index < -0.39 is 0 Å². The fraction of sp³-hybridized carbons (Fsp3) is 0.0714. The number of fused-ring (bicyclic) bond motifs is 1. The van der Waals surface area contributed by atoms with Gasteiger partial charge in [0.25, 0.3) is 0 Å². The molecule has 3 rings (SSSR count). The number of anilines is 1. The van der Waals surface area contributed by atoms with Gasteiger partial charge >= 0.3 is 0 Å². The van der Waals surface area contributed by atoms with Gasteiger partial charge in [0.1, 0.15) is 10.8 Å². The Labute approximate surface area is 108 Å². The van der Waals surface area contributed by atoms with Gasteiger partial charge in [-0.05, 0) is 36.8 Å². The summed E-state index contributed by atoms with van der Waals surface area (Å²) < 4.78 is 14.0. The maximum absolute atomic E-state index is 13.1. The minimum Gasteiger partial charge on any atom is -0.398 e. The summed E-state index contributed by atoms with van der Waals surface area (Å²) >= 11 is 1.47. The molecule has 0 radical (unpaired) electrons. The van der Waals surface area contributed by atoms with Gasteiger partial charge in [0.2, 0.25) is 0 Å². The monoisotopic (exact) mass is 258 g/mol. The molecule has 3 aromatic rings. The lowest BCUT2D eigenvalue weighted by molar-refractivity contribution is 0.630. The number of halogens is 1. The van der Waals surface area contributed by atoms with E-state index in [1.807, 2.05) is 25.1 Å². The number of nitrogens with zero attached hydrogens (tertiary/aromatic N) is 1. The lowest BCUT2D eigenvalue weighted by atomic mass is 10.1. The third-order valence-electron chi connectivity index (χ3n) is 2.88. The first-order chi connectivity index (χ1) is 8.63. The molecule has 0 unspecified atom stereocenters. The highest BCUT2D eigenvalue weighted by Gasteiger charge is 2.07. The molecule has 1 aromatic heterocycles. The van der Waals surface area contributed by atoms with Crippen LogP contribution in [-0.2, 0) is 0 Å². The van der Waals surface area contributed by atoms with Crippen LogP contribution < -0.4 is 5.73 Å². The lowest BCUT2D eigenvalue weighted by Crippen LogP contribution is -1.89. The first-order valence-corrected chi connectivity index (χ1v) is 6.38. The molecule has 2 N–H and O–H groups in total. The Bertz CT molecular complexity index is 734. The zero-order valence-corrected chi connectivity index (χ0v) is 10.6. The molecule has 0 atom stereocenters. The van der Waals surface area contributed by atoms with Gasteiger partial charge in [0.15, 0.2) is 0 Å². The minimum atomic E-state index is -0.235. The van der Waals surface area contributed by atoms with Crippen LogP contribution in [0.15, 0.2) is 36.4 Å². The van der Waals surface area contributed by atoms with Gasteiger partial charge in [0, 0.05) is 11.3 Å². The van der Waals surface area contributed by atoms with Crippen LogP contribution in [0.5, 0.6) is 0 Å². The van der Waals surface area contributed by atoms with Crippen molar-refractivity contribution < 1.29 is 4.39 Å². The third kappa shape index (κ3) is 1.84. The summed E-state index contributed by atoms with van der Waals surface area (Å²) in [7, 11) is 0. The molecule has 4 heteroatoms. The van der Waals surface area contributed by atoms with E-state index in [1.54, 1.807) is 6.07 Å². The molecule has 0 saturated heterocycles. The molecule has 0 fully saturated rings. The minimum absolute atomic E-state index is 0.235. The van der Waals surface area contributed by atoms with Crippen molar-refractivity contribution in [3.05, 3.63) is 47.8 Å². The number of aryl methyl sites for hydroxylation is 1. The number of benzene rings is 2. The summed E-state index contributed by atoms with van der Waals surface area (Å²) in [6.07, 6.45) is 0. The van der Waals surface area contributed by atoms with Gasteiger partial charge in [-0.2, -0.15) is 0 Å². The molecule has 0 aliphatic heterocycles. The van der Waals surface area contributed by atoms with Gasteiger partial charge in [-0.3, -0.25) is 0 Å². The summed E-state index contributed by atoms with van der Waals surface area (Å²) in [4.78, 5) is 4.49. The first kappa shape index (κ1) is 11.2. The highest BCUT2D eigenvalue weighted by molar-refractivity contribution is 7.21. The predicted octanol–water partition coefficient (Wildman–Crippen LogP) is 3.99. The van der Waals surface area contributed by atoms with E-state index in [9.17, 15) is 4.39 Å². The van der Waals surface area contributed by atoms with Crippen molar-refractivity contribution in [3.8, 4) is 10.6 Å². The van der Waals surface area contributed by atoms with E-state index in [2.05, 4.69) is 4.98 Å². The van der Waals surface area contributed by atoms with Crippen LogP contribution in [0.3, 0.4) is 0 Å². The smallest absolute Gasteiger partial charge is 0.124 e. The standard InChI is InChI=1S/C14H11FN2S/c1-8-2-3-9(6-11(8)16)14-17-12-5-4-10(15)7-13(12)18-14/h2-7H,16H2,1H3. The number of hydrogen-bond acceptors (Lipinski definition) is 3. The average molecular weight is 258 g/mol. The van der Waals surface area contributed by atoms with Crippen LogP contribution in [0.2, 0.25) is 0 Å². The Hall–Kier alpha value is -1.94. The zero-order valence-electron chi connectivity index (χ0n) is 9.77. The topological polar surface area (TPSA) is 38.9 Å². The number of hydrogen-bond donors (Lipinski definition) is 1. The van der Waals surface area contributed by atoms with Gasteiger partial charge < -0.3 is 5.73 Å². The molecule has 90 valence electrons. The third-order valence-corrected chi connectivity index (χ3v) is 3.94. The number of aromatic nitrogens is 1. The Kier molecular flexibility index (Phi) is 2.52. The second-order valence-corrected chi connectivity index (χ2v) is 5.23. The van der Waals surface area contributed by atoms with Crippen molar-refractivity contribution in [1.29, 1.82) is 0 Å². The predicted molar refractivity (Wildman–Crippen MR) is 74.2 cm³/mol. The molecular formula is C14H11FN2S. The van der Waals surface area contributed by atoms with Crippen LogP contribution >= 0.6 is 11.3 Å². The number of rotatable bonds is 1. The summed E-state index contributed by atoms with van der Waals surface area (Å²) in [6.45, 7) is 1.97. The molecule has 2 aromatic carbocycles. The number of nitrogen functional groups attached to an aromatic ring is 1. The van der Waals surface area contributed by atoms with Gasteiger partial charge in [-0.15, -0.1) is 11.3 Å². The molecule has 0 spiro atoms. The van der Waals surface area contributed by atoms with Crippen LogP contribution in [0.25, 0.3) is 20.8 Å². The lowest BCUT2D eigenvalue weighted by Gasteiger charge is -2.01. The van der Waals surface area contributed by atoms with E-state index >= 15 is 0 Å². The largest absolute Gasteiger partial charge is 0.398 e. The number of nitrogens with two attached hydrogens (primary N) is 1. The van der Waals surface area contributed by atoms with Gasteiger partial charge in [-0.1, -0.05) is 12.1 Å².